The van der Waals surface area contributed by atoms with Crippen LogP contribution < -0.4 is 10.6 Å². The lowest BCUT2D eigenvalue weighted by Gasteiger charge is -2.31. The van der Waals surface area contributed by atoms with Gasteiger partial charge >= 0.3 is 6.09 Å². The summed E-state index contributed by atoms with van der Waals surface area (Å²) in [6.07, 6.45) is 9.42. The number of aromatic nitrogens is 4. The third-order valence-electron chi connectivity index (χ3n) is 15.9. The molecule has 5 aromatic carbocycles. The van der Waals surface area contributed by atoms with Crippen molar-refractivity contribution in [1.29, 1.82) is 0 Å². The lowest BCUT2D eigenvalue weighted by Crippen LogP contribution is -2.51. The number of hydrogen-bond donors (Lipinski definition) is 4. The first-order valence-electron chi connectivity index (χ1n) is 25.8. The van der Waals surface area contributed by atoms with E-state index in [9.17, 15) is 19.2 Å². The number of ether oxygens (including phenoxy) is 2. The predicted molar refractivity (Wildman–Crippen MR) is 274 cm³/mol. The van der Waals surface area contributed by atoms with Crippen molar-refractivity contribution < 1.29 is 28.7 Å². The number of imidazole rings is 2. The summed E-state index contributed by atoms with van der Waals surface area (Å²) in [5, 5.41) is 10.0. The van der Waals surface area contributed by atoms with Crippen LogP contribution in [0, 0.1) is 23.7 Å². The third-order valence-corrected chi connectivity index (χ3v) is 15.9. The highest BCUT2D eigenvalue weighted by Gasteiger charge is 2.43. The van der Waals surface area contributed by atoms with Gasteiger partial charge in [0.15, 0.2) is 0 Å². The number of aromatic amines is 2. The molecule has 4 N–H and O–H groups in total. The van der Waals surface area contributed by atoms with Crippen molar-refractivity contribution in [3.8, 4) is 11.1 Å². The number of H-pyrrole nitrogens is 2. The van der Waals surface area contributed by atoms with Crippen molar-refractivity contribution in [3.63, 3.8) is 0 Å². The van der Waals surface area contributed by atoms with Crippen molar-refractivity contribution in [2.24, 2.45) is 23.7 Å². The number of carbonyl (C=O) groups is 4. The minimum absolute atomic E-state index is 0.0504. The summed E-state index contributed by atoms with van der Waals surface area (Å²) in [6.45, 7) is 6.28. The van der Waals surface area contributed by atoms with Gasteiger partial charge in [-0.15, -0.1) is 0 Å². The summed E-state index contributed by atoms with van der Waals surface area (Å²) in [4.78, 5) is 75.7. The molecule has 368 valence electrons. The molecule has 4 amide bonds. The minimum atomic E-state index is -0.798. The summed E-state index contributed by atoms with van der Waals surface area (Å²) < 4.78 is 11.2. The maximum atomic E-state index is 14.9. The van der Waals surface area contributed by atoms with Crippen LogP contribution in [0.3, 0.4) is 0 Å². The maximum absolute atomic E-state index is 14.9. The molecule has 2 aliphatic carbocycles. The van der Waals surface area contributed by atoms with Gasteiger partial charge in [-0.25, -0.2) is 14.8 Å². The van der Waals surface area contributed by atoms with Crippen LogP contribution in [0.2, 0.25) is 0 Å². The van der Waals surface area contributed by atoms with E-state index in [0.29, 0.717) is 32.0 Å². The van der Waals surface area contributed by atoms with Crippen LogP contribution in [0.4, 0.5) is 4.79 Å². The molecule has 0 unspecified atom stereocenters. The summed E-state index contributed by atoms with van der Waals surface area (Å²) in [5.41, 5.74) is 6.43. The first-order valence-corrected chi connectivity index (χ1v) is 25.8. The Balaban J connectivity index is 0.859. The second-order valence-electron chi connectivity index (χ2n) is 20.9. The largest absolute Gasteiger partial charge is 0.453 e. The van der Waals surface area contributed by atoms with E-state index in [0.717, 1.165) is 111 Å². The third kappa shape index (κ3) is 9.22. The molecule has 4 aliphatic rings. The van der Waals surface area contributed by atoms with Crippen LogP contribution in [0.5, 0.6) is 0 Å². The Morgan fingerprint density at radius 1 is 0.676 bits per heavy atom. The van der Waals surface area contributed by atoms with E-state index in [2.05, 4.69) is 81.3 Å². The van der Waals surface area contributed by atoms with E-state index in [-0.39, 0.29) is 47.6 Å². The summed E-state index contributed by atoms with van der Waals surface area (Å²) >= 11 is 0. The summed E-state index contributed by atoms with van der Waals surface area (Å²) in [5.74, 6) is 1.74. The number of hydrogen-bond acceptors (Lipinski definition) is 8. The first kappa shape index (κ1) is 46.6. The number of alkyl carbamates (subject to hydrolysis) is 1. The van der Waals surface area contributed by atoms with Gasteiger partial charge in [-0.05, 0) is 109 Å². The highest BCUT2D eigenvalue weighted by Crippen LogP contribution is 2.40. The fraction of sp³-hybridized carbons (Fsp3) is 0.439. The number of likely N-dealkylation sites (tertiary alicyclic amines) is 2. The van der Waals surface area contributed by atoms with Crippen LogP contribution in [0.15, 0.2) is 91.0 Å². The zero-order valence-electron chi connectivity index (χ0n) is 40.9. The molecule has 71 heavy (non-hydrogen) atoms. The number of fused-ring (bicyclic) bond motifs is 6. The molecule has 0 radical (unpaired) electrons. The van der Waals surface area contributed by atoms with E-state index in [1.807, 2.05) is 54.0 Å². The predicted octanol–water partition coefficient (Wildman–Crippen LogP) is 10.2. The van der Waals surface area contributed by atoms with Crippen LogP contribution in [-0.2, 0) is 23.9 Å². The van der Waals surface area contributed by atoms with E-state index in [1.165, 1.54) is 32.8 Å². The first-order chi connectivity index (χ1) is 34.6. The van der Waals surface area contributed by atoms with Gasteiger partial charge in [-0.2, -0.15) is 0 Å². The van der Waals surface area contributed by atoms with Gasteiger partial charge < -0.3 is 39.9 Å². The molecule has 2 aliphatic heterocycles. The summed E-state index contributed by atoms with van der Waals surface area (Å²) in [7, 11) is 1.30. The zero-order valence-corrected chi connectivity index (χ0v) is 40.9. The maximum Gasteiger partial charge on any atom is 0.407 e. The number of amides is 4. The van der Waals surface area contributed by atoms with Gasteiger partial charge in [0.05, 0.1) is 47.9 Å². The SMILES string of the molecule is COC(=O)N[C@H](C(=O)N1CCC[C@H]1c1nc2c(ccc3cc(-c4ccc5c(ccc6[nH]c([C@@H]7C[C@H](COCC8CCCC8)CN7C(=O)[C@H](NC(=O)C7CCC7)c7ccccc7)nc65)c4)ccc32)[nH]1)C(C)C. The lowest BCUT2D eigenvalue weighted by atomic mass is 9.84. The van der Waals surface area contributed by atoms with Crippen LogP contribution in [0.1, 0.15) is 113 Å². The molecule has 5 atom stereocenters. The lowest BCUT2D eigenvalue weighted by molar-refractivity contribution is -0.139. The molecule has 2 saturated carbocycles. The van der Waals surface area contributed by atoms with E-state index >= 15 is 0 Å². The Bertz CT molecular complexity index is 3120. The van der Waals surface area contributed by atoms with Gasteiger partial charge in [0, 0.05) is 42.3 Å². The van der Waals surface area contributed by atoms with E-state index < -0.39 is 18.2 Å². The van der Waals surface area contributed by atoms with Crippen molar-refractivity contribution >= 4 is 67.4 Å². The van der Waals surface area contributed by atoms with Crippen molar-refractivity contribution in [3.05, 3.63) is 108 Å². The Kier molecular flexibility index (Phi) is 13.0. The smallest absolute Gasteiger partial charge is 0.407 e. The molecular weight excluding hydrogens is 893 g/mol. The second-order valence-corrected chi connectivity index (χ2v) is 20.9. The van der Waals surface area contributed by atoms with Crippen molar-refractivity contribution in [2.75, 3.05) is 33.4 Å². The molecule has 11 rings (SSSR count). The van der Waals surface area contributed by atoms with Gasteiger partial charge in [0.25, 0.3) is 0 Å². The van der Waals surface area contributed by atoms with Crippen LogP contribution in [0.25, 0.3) is 54.7 Å². The highest BCUT2D eigenvalue weighted by molar-refractivity contribution is 6.07. The number of nitrogens with one attached hydrogen (secondary N) is 4. The number of rotatable bonds is 14. The summed E-state index contributed by atoms with van der Waals surface area (Å²) in [6, 6.07) is 28.9. The quantitative estimate of drug-likeness (QED) is 0.0833. The number of nitrogens with zero attached hydrogens (tertiary/aromatic N) is 4. The number of benzene rings is 5. The van der Waals surface area contributed by atoms with Gasteiger partial charge in [0.1, 0.15) is 23.7 Å². The Hall–Kier alpha value is -6.80. The Morgan fingerprint density at radius 2 is 1.31 bits per heavy atom. The zero-order chi connectivity index (χ0) is 48.8. The topological polar surface area (TPSA) is 175 Å². The fourth-order valence-corrected chi connectivity index (χ4v) is 11.7. The molecule has 14 nitrogen and oxygen atoms in total. The van der Waals surface area contributed by atoms with E-state index in [1.54, 1.807) is 0 Å². The normalized spacial score (nSPS) is 20.6. The molecule has 2 saturated heterocycles. The molecule has 0 spiro atoms. The monoisotopic (exact) mass is 956 g/mol. The average Bonchev–Trinajstić information content (AvgIpc) is 4.24. The van der Waals surface area contributed by atoms with Gasteiger partial charge in [0.2, 0.25) is 17.7 Å². The molecule has 4 fully saturated rings. The molecule has 14 heteroatoms. The highest BCUT2D eigenvalue weighted by atomic mass is 16.5. The van der Waals surface area contributed by atoms with Crippen LogP contribution in [-0.4, -0.2) is 93.0 Å². The molecule has 4 heterocycles. The van der Waals surface area contributed by atoms with Gasteiger partial charge in [-0.3, -0.25) is 14.4 Å². The van der Waals surface area contributed by atoms with Crippen molar-refractivity contribution in [1.82, 2.24) is 40.4 Å². The molecule has 0 bridgehead atoms. The second kappa shape index (κ2) is 19.8. The van der Waals surface area contributed by atoms with Gasteiger partial charge in [-0.1, -0.05) is 99.8 Å². The van der Waals surface area contributed by atoms with Crippen molar-refractivity contribution in [2.45, 2.75) is 102 Å². The Morgan fingerprint density at radius 3 is 1.92 bits per heavy atom. The molecule has 7 aromatic rings. The number of methoxy groups -OCH3 is 1. The fourth-order valence-electron chi connectivity index (χ4n) is 11.7. The standard InChI is InChI=1S/C57H64N8O6/c1-33(2)48(63-57(69)70-3)55(67)64-26-10-17-46(64)52-58-44-24-20-40-28-38(18-22-42(40)50(44)60-52)39-19-23-43-41(29-39)21-25-45-51(43)61-53(59-45)47-27-35(32-71-31-34-11-7-8-12-34)30-65(47)56(68)49(36-13-5-4-6-14-36)62-54(66)37-15-9-16-37/h4-6,13-14,18-25,28-29,33-35,37,46-49H,7-12,15-17,26-27,30-32H2,1-3H3,(H,58,60)(H,59,61)(H,62,66)(H,63,69)/t35-,46-,47-,48-,49+/m0/s1. The average molecular weight is 957 g/mol. The van der Waals surface area contributed by atoms with E-state index in [4.69, 9.17) is 19.4 Å². The molecular formula is C57H64N8O6. The number of carbonyl (C=O) groups excluding carboxylic acids is 4. The molecule has 2 aromatic heterocycles. The Labute approximate surface area is 413 Å². The van der Waals surface area contributed by atoms with Crippen LogP contribution >= 0.6 is 0 Å². The minimum Gasteiger partial charge on any atom is -0.453 e.